The van der Waals surface area contributed by atoms with Crippen molar-refractivity contribution in [2.75, 3.05) is 0 Å². The highest BCUT2D eigenvalue weighted by atomic mass is 16.5. The number of aromatic nitrogens is 1. The molecular formula is C29H29BNO2. The van der Waals surface area contributed by atoms with E-state index in [1.807, 2.05) is 62.4 Å². The predicted octanol–water partition coefficient (Wildman–Crippen LogP) is 5.89. The molecule has 0 amide bonds. The molecule has 0 spiro atoms. The van der Waals surface area contributed by atoms with Crippen molar-refractivity contribution in [2.45, 2.75) is 38.9 Å². The van der Waals surface area contributed by atoms with Gasteiger partial charge in [0, 0.05) is 11.1 Å². The van der Waals surface area contributed by atoms with Gasteiger partial charge in [-0.3, -0.25) is 0 Å². The van der Waals surface area contributed by atoms with Crippen molar-refractivity contribution in [1.29, 1.82) is 0 Å². The molecule has 0 saturated carbocycles. The van der Waals surface area contributed by atoms with E-state index in [9.17, 15) is 5.11 Å². The lowest BCUT2D eigenvalue weighted by Crippen LogP contribution is -2.49. The minimum Gasteiger partial charge on any atom is -0.427 e. The van der Waals surface area contributed by atoms with Crippen molar-refractivity contribution < 1.29 is 9.76 Å². The highest BCUT2D eigenvalue weighted by Gasteiger charge is 2.35. The first-order valence-corrected chi connectivity index (χ1v) is 11.2. The van der Waals surface area contributed by atoms with Gasteiger partial charge in [0.05, 0.1) is 22.6 Å². The van der Waals surface area contributed by atoms with Gasteiger partial charge in [-0.15, -0.1) is 0 Å². The Hall–Kier alpha value is -3.21. The second kappa shape index (κ2) is 9.34. The fourth-order valence-corrected chi connectivity index (χ4v) is 3.32. The summed E-state index contributed by atoms with van der Waals surface area (Å²) >= 11 is 0. The van der Waals surface area contributed by atoms with Gasteiger partial charge in [-0.1, -0.05) is 90.4 Å². The molecule has 33 heavy (non-hydrogen) atoms. The first-order valence-electron chi connectivity index (χ1n) is 11.2. The van der Waals surface area contributed by atoms with Crippen molar-refractivity contribution in [1.82, 2.24) is 4.98 Å². The second-order valence-electron chi connectivity index (χ2n) is 9.29. The molecule has 4 rings (SSSR count). The van der Waals surface area contributed by atoms with Crippen molar-refractivity contribution in [2.24, 2.45) is 0 Å². The summed E-state index contributed by atoms with van der Waals surface area (Å²) in [5.41, 5.74) is 5.55. The van der Waals surface area contributed by atoms with Crippen molar-refractivity contribution in [3.05, 3.63) is 97.1 Å². The number of hydrogen-bond donors (Lipinski definition) is 1. The van der Waals surface area contributed by atoms with Crippen molar-refractivity contribution in [3.8, 4) is 33.6 Å². The quantitative estimate of drug-likeness (QED) is 0.369. The maximum Gasteiger partial charge on any atom is 0.330 e. The van der Waals surface area contributed by atoms with E-state index >= 15 is 0 Å². The molecule has 0 fully saturated rings. The average Bonchev–Trinajstić information content (AvgIpc) is 2.83. The van der Waals surface area contributed by atoms with Crippen LogP contribution >= 0.6 is 0 Å². The van der Waals surface area contributed by atoms with Crippen LogP contribution in [0.25, 0.3) is 33.6 Å². The SMILES string of the molecule is CC(C)(O)C(C)(C)O[B]c1ccc(-c2cc(-c3ccccc3)nc(-c3ccccc3)c2)cc1. The molecule has 0 unspecified atom stereocenters. The maximum absolute atomic E-state index is 10.3. The predicted molar refractivity (Wildman–Crippen MR) is 137 cm³/mol. The second-order valence-corrected chi connectivity index (χ2v) is 9.29. The Kier molecular flexibility index (Phi) is 6.50. The minimum absolute atomic E-state index is 0.702. The molecule has 3 nitrogen and oxygen atoms in total. The van der Waals surface area contributed by atoms with Crippen LogP contribution in [0.15, 0.2) is 97.1 Å². The molecule has 1 heterocycles. The maximum atomic E-state index is 10.3. The zero-order valence-electron chi connectivity index (χ0n) is 19.6. The number of rotatable bonds is 7. The molecule has 0 aliphatic carbocycles. The van der Waals surface area contributed by atoms with Crippen LogP contribution < -0.4 is 5.46 Å². The van der Waals surface area contributed by atoms with Gasteiger partial charge in [0.15, 0.2) is 0 Å². The van der Waals surface area contributed by atoms with Crippen molar-refractivity contribution >= 4 is 12.9 Å². The number of benzene rings is 3. The monoisotopic (exact) mass is 434 g/mol. The first kappa shape index (κ1) is 23.0. The van der Waals surface area contributed by atoms with Crippen LogP contribution in [0.2, 0.25) is 0 Å². The first-order chi connectivity index (χ1) is 15.7. The molecule has 1 N–H and O–H groups in total. The van der Waals surface area contributed by atoms with E-state index in [-0.39, 0.29) is 0 Å². The van der Waals surface area contributed by atoms with E-state index in [1.165, 1.54) is 0 Å². The summed E-state index contributed by atoms with van der Waals surface area (Å²) in [6, 6.07) is 33.0. The van der Waals surface area contributed by atoms with Gasteiger partial charge in [0.1, 0.15) is 0 Å². The number of pyridine rings is 1. The molecule has 0 aliphatic heterocycles. The molecule has 0 aliphatic rings. The Labute approximate surface area is 197 Å². The summed E-state index contributed by atoms with van der Waals surface area (Å²) in [5.74, 6) is 0. The number of aliphatic hydroxyl groups is 1. The molecule has 4 heteroatoms. The highest BCUT2D eigenvalue weighted by molar-refractivity contribution is 6.47. The molecule has 1 radical (unpaired) electrons. The third kappa shape index (κ3) is 5.41. The highest BCUT2D eigenvalue weighted by Crippen LogP contribution is 2.30. The molecule has 0 saturated heterocycles. The molecular weight excluding hydrogens is 405 g/mol. The van der Waals surface area contributed by atoms with Gasteiger partial charge in [0.25, 0.3) is 0 Å². The third-order valence-corrected chi connectivity index (χ3v) is 6.17. The van der Waals surface area contributed by atoms with E-state index < -0.39 is 11.2 Å². The average molecular weight is 434 g/mol. The van der Waals surface area contributed by atoms with Gasteiger partial charge in [0.2, 0.25) is 0 Å². The number of hydrogen-bond acceptors (Lipinski definition) is 3. The Balaban J connectivity index is 1.65. The van der Waals surface area contributed by atoms with Gasteiger partial charge in [-0.2, -0.15) is 0 Å². The fourth-order valence-electron chi connectivity index (χ4n) is 3.32. The van der Waals surface area contributed by atoms with Crippen molar-refractivity contribution in [3.63, 3.8) is 0 Å². The van der Waals surface area contributed by atoms with Crippen LogP contribution in [0.4, 0.5) is 0 Å². The van der Waals surface area contributed by atoms with Crippen LogP contribution in [0.3, 0.4) is 0 Å². The summed E-state index contributed by atoms with van der Waals surface area (Å²) in [7, 11) is 1.71. The summed E-state index contributed by atoms with van der Waals surface area (Å²) in [4.78, 5) is 4.95. The van der Waals surface area contributed by atoms with Gasteiger partial charge >= 0.3 is 7.48 Å². The zero-order chi connectivity index (χ0) is 23.5. The molecule has 165 valence electrons. The topological polar surface area (TPSA) is 42.4 Å². The minimum atomic E-state index is -0.956. The van der Waals surface area contributed by atoms with E-state index in [4.69, 9.17) is 9.64 Å². The standard InChI is InChI=1S/C29H29BNO2/c1-28(2,32)29(3,4)33-30-25-17-15-21(16-18-25)24-19-26(22-11-7-5-8-12-22)31-27(20-24)23-13-9-6-10-14-23/h5-20,32H,1-4H3. The van der Waals surface area contributed by atoms with E-state index in [1.54, 1.807) is 21.3 Å². The summed E-state index contributed by atoms with van der Waals surface area (Å²) in [5, 5.41) is 10.3. The Morgan fingerprint density at radius 1 is 0.636 bits per heavy atom. The summed E-state index contributed by atoms with van der Waals surface area (Å²) in [6.45, 7) is 7.26. The third-order valence-electron chi connectivity index (χ3n) is 6.17. The molecule has 3 aromatic carbocycles. The molecule has 1 aromatic heterocycles. The van der Waals surface area contributed by atoms with Crippen LogP contribution in [0.5, 0.6) is 0 Å². The fraction of sp³-hybridized carbons (Fsp3) is 0.207. The lowest BCUT2D eigenvalue weighted by molar-refractivity contribution is -0.0893. The molecule has 4 aromatic rings. The molecule has 0 bridgehead atoms. The lowest BCUT2D eigenvalue weighted by atomic mass is 9.82. The van der Waals surface area contributed by atoms with Crippen LogP contribution in [-0.2, 0) is 4.65 Å². The van der Waals surface area contributed by atoms with Gasteiger partial charge in [-0.25, -0.2) is 4.98 Å². The van der Waals surface area contributed by atoms with E-state index in [0.717, 1.165) is 39.1 Å². The van der Waals surface area contributed by atoms with E-state index in [0.29, 0.717) is 0 Å². The number of nitrogens with zero attached hydrogens (tertiary/aromatic N) is 1. The normalized spacial score (nSPS) is 11.9. The van der Waals surface area contributed by atoms with Crippen LogP contribution in [0, 0.1) is 0 Å². The molecule has 0 atom stereocenters. The largest absolute Gasteiger partial charge is 0.427 e. The smallest absolute Gasteiger partial charge is 0.330 e. The lowest BCUT2D eigenvalue weighted by Gasteiger charge is -2.37. The summed E-state index contributed by atoms with van der Waals surface area (Å²) < 4.78 is 5.89. The zero-order valence-corrected chi connectivity index (χ0v) is 19.6. The van der Waals surface area contributed by atoms with Gasteiger partial charge < -0.3 is 9.76 Å². The van der Waals surface area contributed by atoms with Gasteiger partial charge in [-0.05, 0) is 51.0 Å². The Morgan fingerprint density at radius 2 is 1.12 bits per heavy atom. The summed E-state index contributed by atoms with van der Waals surface area (Å²) in [6.07, 6.45) is 0. The Bertz CT molecular complexity index is 1140. The van der Waals surface area contributed by atoms with E-state index in [2.05, 4.69) is 48.5 Å². The van der Waals surface area contributed by atoms with Crippen LogP contribution in [0.1, 0.15) is 27.7 Å². The van der Waals surface area contributed by atoms with Crippen LogP contribution in [-0.4, -0.2) is 28.8 Å². The Morgan fingerprint density at radius 3 is 1.58 bits per heavy atom.